The first-order valence-electron chi connectivity index (χ1n) is 5.61. The number of rotatable bonds is 3. The van der Waals surface area contributed by atoms with E-state index in [9.17, 15) is 8.78 Å². The van der Waals surface area contributed by atoms with Gasteiger partial charge in [0, 0.05) is 22.1 Å². The van der Waals surface area contributed by atoms with Crippen molar-refractivity contribution in [3.8, 4) is 11.1 Å². The summed E-state index contributed by atoms with van der Waals surface area (Å²) in [6, 6.07) is 7.80. The summed E-state index contributed by atoms with van der Waals surface area (Å²) in [5, 5.41) is 2.89. The number of benzene rings is 2. The molecule has 0 unspecified atom stereocenters. The first-order chi connectivity index (χ1) is 9.04. The van der Waals surface area contributed by atoms with Gasteiger partial charge in [-0.05, 0) is 40.7 Å². The first-order valence-corrected chi connectivity index (χ1v) is 6.78. The van der Waals surface area contributed by atoms with Gasteiger partial charge >= 0.3 is 0 Å². The van der Waals surface area contributed by atoms with Crippen LogP contribution in [0.1, 0.15) is 5.56 Å². The second-order valence-corrected chi connectivity index (χ2v) is 5.30. The van der Waals surface area contributed by atoms with Gasteiger partial charge in [0.25, 0.3) is 0 Å². The van der Waals surface area contributed by atoms with Gasteiger partial charge in [0.2, 0.25) is 0 Å². The van der Waals surface area contributed by atoms with Crippen LogP contribution in [-0.2, 0) is 6.54 Å². The summed E-state index contributed by atoms with van der Waals surface area (Å²) in [4.78, 5) is 0. The molecule has 0 atom stereocenters. The Morgan fingerprint density at radius 3 is 2.47 bits per heavy atom. The third-order valence-electron chi connectivity index (χ3n) is 2.74. The molecule has 0 heterocycles. The molecule has 1 nitrogen and oxygen atoms in total. The van der Waals surface area contributed by atoms with Crippen LogP contribution >= 0.6 is 27.5 Å². The van der Waals surface area contributed by atoms with Gasteiger partial charge in [-0.3, -0.25) is 0 Å². The van der Waals surface area contributed by atoms with Crippen molar-refractivity contribution in [2.45, 2.75) is 6.54 Å². The number of hydrogen-bond acceptors (Lipinski definition) is 1. The quantitative estimate of drug-likeness (QED) is 0.790. The van der Waals surface area contributed by atoms with Crippen molar-refractivity contribution >= 4 is 27.5 Å². The maximum Gasteiger partial charge on any atom is 0.150 e. The molecule has 0 saturated heterocycles. The topological polar surface area (TPSA) is 12.0 Å². The molecule has 0 aromatic heterocycles. The number of nitrogens with one attached hydrogen (secondary N) is 1. The summed E-state index contributed by atoms with van der Waals surface area (Å²) >= 11 is 8.94. The Morgan fingerprint density at radius 2 is 1.84 bits per heavy atom. The van der Waals surface area contributed by atoms with Gasteiger partial charge < -0.3 is 5.32 Å². The fourth-order valence-corrected chi connectivity index (χ4v) is 2.30. The van der Waals surface area contributed by atoms with Gasteiger partial charge in [-0.15, -0.1) is 0 Å². The van der Waals surface area contributed by atoms with Crippen LogP contribution in [0, 0.1) is 11.6 Å². The van der Waals surface area contributed by atoms with Crippen molar-refractivity contribution in [2.24, 2.45) is 0 Å². The standard InChI is InChI=1S/C14H11BrClF2N/c1-19-7-8-2-3-9(12(17)6-8)10-4-5-11(15)13(16)14(10)18/h2-6,19H,7H2,1H3. The molecule has 19 heavy (non-hydrogen) atoms. The minimum atomic E-state index is -0.628. The summed E-state index contributed by atoms with van der Waals surface area (Å²) < 4.78 is 28.5. The van der Waals surface area contributed by atoms with Gasteiger partial charge in [0.05, 0.1) is 5.02 Å². The maximum absolute atomic E-state index is 14.0. The molecule has 0 saturated carbocycles. The molecule has 0 bridgehead atoms. The molecule has 0 radical (unpaired) electrons. The van der Waals surface area contributed by atoms with E-state index in [1.165, 1.54) is 12.1 Å². The largest absolute Gasteiger partial charge is 0.316 e. The highest BCUT2D eigenvalue weighted by Crippen LogP contribution is 2.34. The van der Waals surface area contributed by atoms with Crippen molar-refractivity contribution in [1.29, 1.82) is 0 Å². The third-order valence-corrected chi connectivity index (χ3v) is 4.00. The smallest absolute Gasteiger partial charge is 0.150 e. The Morgan fingerprint density at radius 1 is 1.16 bits per heavy atom. The zero-order chi connectivity index (χ0) is 14.0. The summed E-state index contributed by atoms with van der Waals surface area (Å²) in [6.45, 7) is 0.556. The lowest BCUT2D eigenvalue weighted by Crippen LogP contribution is -2.05. The van der Waals surface area contributed by atoms with Crippen LogP contribution in [0.5, 0.6) is 0 Å². The Bertz CT molecular complexity index is 617. The molecule has 0 aliphatic carbocycles. The molecular weight excluding hydrogens is 336 g/mol. The number of hydrogen-bond donors (Lipinski definition) is 1. The fourth-order valence-electron chi connectivity index (χ4n) is 1.83. The normalized spacial score (nSPS) is 10.8. The van der Waals surface area contributed by atoms with Gasteiger partial charge in [-0.25, -0.2) is 8.78 Å². The van der Waals surface area contributed by atoms with E-state index in [-0.39, 0.29) is 16.1 Å². The Balaban J connectivity index is 2.51. The minimum absolute atomic E-state index is 0.0452. The van der Waals surface area contributed by atoms with E-state index in [0.29, 0.717) is 11.0 Å². The van der Waals surface area contributed by atoms with Crippen LogP contribution in [0.3, 0.4) is 0 Å². The lowest BCUT2D eigenvalue weighted by molar-refractivity contribution is 0.614. The van der Waals surface area contributed by atoms with Crippen molar-refractivity contribution in [3.05, 3.63) is 57.0 Å². The lowest BCUT2D eigenvalue weighted by Gasteiger charge is -2.09. The molecule has 0 fully saturated rings. The molecule has 2 rings (SSSR count). The van der Waals surface area contributed by atoms with Crippen LogP contribution in [0.15, 0.2) is 34.8 Å². The fraction of sp³-hybridized carbons (Fsp3) is 0.143. The lowest BCUT2D eigenvalue weighted by atomic mass is 10.0. The summed E-state index contributed by atoms with van der Waals surface area (Å²) in [7, 11) is 1.78. The third kappa shape index (κ3) is 2.96. The highest BCUT2D eigenvalue weighted by atomic mass is 79.9. The van der Waals surface area contributed by atoms with E-state index in [1.807, 2.05) is 0 Å². The Labute approximate surface area is 123 Å². The Kier molecular flexibility index (Phi) is 4.55. The molecule has 5 heteroatoms. The zero-order valence-electron chi connectivity index (χ0n) is 10.1. The van der Waals surface area contributed by atoms with Crippen molar-refractivity contribution in [1.82, 2.24) is 5.32 Å². The zero-order valence-corrected chi connectivity index (χ0v) is 12.4. The van der Waals surface area contributed by atoms with E-state index >= 15 is 0 Å². The maximum atomic E-state index is 14.0. The molecule has 0 aliphatic heterocycles. The van der Waals surface area contributed by atoms with Gasteiger partial charge in [-0.1, -0.05) is 29.8 Å². The van der Waals surface area contributed by atoms with E-state index in [4.69, 9.17) is 11.6 Å². The van der Waals surface area contributed by atoms with Crippen molar-refractivity contribution in [3.63, 3.8) is 0 Å². The first kappa shape index (κ1) is 14.4. The van der Waals surface area contributed by atoms with Crippen LogP contribution < -0.4 is 5.32 Å². The highest BCUT2D eigenvalue weighted by Gasteiger charge is 2.15. The predicted octanol–water partition coefficient (Wildman–Crippen LogP) is 4.77. The van der Waals surface area contributed by atoms with Crippen molar-refractivity contribution in [2.75, 3.05) is 7.05 Å². The average molecular weight is 347 g/mol. The van der Waals surface area contributed by atoms with Gasteiger partial charge in [-0.2, -0.15) is 0 Å². The molecule has 100 valence electrons. The number of halogens is 4. The molecule has 2 aromatic carbocycles. The van der Waals surface area contributed by atoms with Gasteiger partial charge in [0.1, 0.15) is 5.82 Å². The second-order valence-electron chi connectivity index (χ2n) is 4.07. The predicted molar refractivity (Wildman–Crippen MR) is 77.3 cm³/mol. The molecule has 2 aromatic rings. The molecule has 0 amide bonds. The monoisotopic (exact) mass is 345 g/mol. The molecule has 0 aliphatic rings. The van der Waals surface area contributed by atoms with Crippen molar-refractivity contribution < 1.29 is 8.78 Å². The average Bonchev–Trinajstić information content (AvgIpc) is 2.38. The van der Waals surface area contributed by atoms with E-state index < -0.39 is 11.6 Å². The van der Waals surface area contributed by atoms with Gasteiger partial charge in [0.15, 0.2) is 5.82 Å². The summed E-state index contributed by atoms with van der Waals surface area (Å²) in [5.74, 6) is -1.10. The molecular formula is C14H11BrClF2N. The van der Waals surface area contributed by atoms with Crippen LogP contribution in [0.25, 0.3) is 11.1 Å². The van der Waals surface area contributed by atoms with Crippen LogP contribution in [0.4, 0.5) is 8.78 Å². The SMILES string of the molecule is CNCc1ccc(-c2ccc(Br)c(Cl)c2F)c(F)c1. The van der Waals surface area contributed by atoms with Crippen LogP contribution in [0.2, 0.25) is 5.02 Å². The van der Waals surface area contributed by atoms with E-state index in [0.717, 1.165) is 5.56 Å². The van der Waals surface area contributed by atoms with Crippen LogP contribution in [-0.4, -0.2) is 7.05 Å². The Hall–Kier alpha value is -0.970. The van der Waals surface area contributed by atoms with E-state index in [2.05, 4.69) is 21.2 Å². The molecule has 0 spiro atoms. The minimum Gasteiger partial charge on any atom is -0.316 e. The molecule has 1 N–H and O–H groups in total. The summed E-state index contributed by atoms with van der Waals surface area (Å²) in [6.07, 6.45) is 0. The highest BCUT2D eigenvalue weighted by molar-refractivity contribution is 9.10. The van der Waals surface area contributed by atoms with E-state index in [1.54, 1.807) is 25.2 Å². The second kappa shape index (κ2) is 5.99. The summed E-state index contributed by atoms with van der Waals surface area (Å²) in [5.41, 5.74) is 1.15.